The zero-order valence-corrected chi connectivity index (χ0v) is 13.3. The molecule has 23 heavy (non-hydrogen) atoms. The van der Waals surface area contributed by atoms with Crippen LogP contribution in [-0.2, 0) is 6.54 Å². The minimum absolute atomic E-state index is 0.0344. The summed E-state index contributed by atoms with van der Waals surface area (Å²) in [4.78, 5) is 14.6. The van der Waals surface area contributed by atoms with Crippen LogP contribution in [0.1, 0.15) is 37.7 Å². The SMILES string of the molecule is N#CCOc1cccc(CNC(=O)N2CCC[C@@H]3CCC[C@@H]32)c1. The molecule has 0 aromatic heterocycles. The molecule has 1 saturated carbocycles. The number of ether oxygens (including phenoxy) is 1. The van der Waals surface area contributed by atoms with E-state index in [0.717, 1.165) is 24.9 Å². The van der Waals surface area contributed by atoms with E-state index in [-0.39, 0.29) is 12.6 Å². The number of carbonyl (C=O) groups excluding carboxylic acids is 1. The summed E-state index contributed by atoms with van der Waals surface area (Å²) < 4.78 is 5.29. The van der Waals surface area contributed by atoms with E-state index in [9.17, 15) is 4.79 Å². The number of hydrogen-bond acceptors (Lipinski definition) is 3. The largest absolute Gasteiger partial charge is 0.479 e. The van der Waals surface area contributed by atoms with E-state index in [1.165, 1.54) is 19.3 Å². The van der Waals surface area contributed by atoms with Gasteiger partial charge in [0.1, 0.15) is 11.8 Å². The van der Waals surface area contributed by atoms with Crippen LogP contribution < -0.4 is 10.1 Å². The van der Waals surface area contributed by atoms with Crippen LogP contribution in [0.3, 0.4) is 0 Å². The molecule has 1 aromatic carbocycles. The molecule has 2 atom stereocenters. The maximum atomic E-state index is 12.5. The van der Waals surface area contributed by atoms with Crippen molar-refractivity contribution in [2.45, 2.75) is 44.7 Å². The van der Waals surface area contributed by atoms with Crippen molar-refractivity contribution in [3.63, 3.8) is 0 Å². The minimum Gasteiger partial charge on any atom is -0.479 e. The maximum Gasteiger partial charge on any atom is 0.317 e. The Labute approximate surface area is 137 Å². The second kappa shape index (κ2) is 7.36. The van der Waals surface area contributed by atoms with Crippen molar-refractivity contribution < 1.29 is 9.53 Å². The van der Waals surface area contributed by atoms with E-state index in [1.54, 1.807) is 0 Å². The van der Waals surface area contributed by atoms with Crippen molar-refractivity contribution in [3.8, 4) is 11.8 Å². The highest BCUT2D eigenvalue weighted by molar-refractivity contribution is 5.74. The number of hydrogen-bond donors (Lipinski definition) is 1. The summed E-state index contributed by atoms with van der Waals surface area (Å²) in [5.41, 5.74) is 0.980. The van der Waals surface area contributed by atoms with Gasteiger partial charge in [0, 0.05) is 19.1 Å². The monoisotopic (exact) mass is 313 g/mol. The van der Waals surface area contributed by atoms with E-state index in [0.29, 0.717) is 24.3 Å². The highest BCUT2D eigenvalue weighted by Gasteiger charge is 2.37. The molecule has 0 spiro atoms. The molecule has 2 aliphatic rings. The van der Waals surface area contributed by atoms with Gasteiger partial charge in [-0.25, -0.2) is 4.79 Å². The van der Waals surface area contributed by atoms with Crippen LogP contribution in [0, 0.1) is 17.2 Å². The number of likely N-dealkylation sites (tertiary alicyclic amines) is 1. The van der Waals surface area contributed by atoms with E-state index >= 15 is 0 Å². The number of carbonyl (C=O) groups is 1. The second-order valence-corrected chi connectivity index (χ2v) is 6.35. The first-order valence-corrected chi connectivity index (χ1v) is 8.41. The number of benzene rings is 1. The Morgan fingerprint density at radius 2 is 2.22 bits per heavy atom. The quantitative estimate of drug-likeness (QED) is 0.929. The molecule has 2 fully saturated rings. The Morgan fingerprint density at radius 3 is 3.09 bits per heavy atom. The van der Waals surface area contributed by atoms with Crippen LogP contribution in [0.5, 0.6) is 5.75 Å². The molecule has 5 heteroatoms. The molecule has 3 rings (SSSR count). The zero-order valence-electron chi connectivity index (χ0n) is 13.3. The number of urea groups is 1. The Kier molecular flexibility index (Phi) is 5.02. The molecule has 1 N–H and O–H groups in total. The topological polar surface area (TPSA) is 65.4 Å². The first-order valence-electron chi connectivity index (χ1n) is 8.41. The minimum atomic E-state index is 0.0344. The molecular weight excluding hydrogens is 290 g/mol. The van der Waals surface area contributed by atoms with Crippen LogP contribution in [0.2, 0.25) is 0 Å². The number of amides is 2. The molecule has 2 amide bonds. The summed E-state index contributed by atoms with van der Waals surface area (Å²) in [6.45, 7) is 1.39. The van der Waals surface area contributed by atoms with Crippen molar-refractivity contribution in [1.29, 1.82) is 5.26 Å². The number of nitriles is 1. The molecule has 0 bridgehead atoms. The highest BCUT2D eigenvalue weighted by Crippen LogP contribution is 2.36. The van der Waals surface area contributed by atoms with Crippen molar-refractivity contribution >= 4 is 6.03 Å². The van der Waals surface area contributed by atoms with Crippen LogP contribution in [-0.4, -0.2) is 30.1 Å². The summed E-state index contributed by atoms with van der Waals surface area (Å²) >= 11 is 0. The molecular formula is C18H23N3O2. The number of piperidine rings is 1. The van der Waals surface area contributed by atoms with Gasteiger partial charge in [-0.3, -0.25) is 0 Å². The van der Waals surface area contributed by atoms with Crippen LogP contribution in [0.25, 0.3) is 0 Å². The fourth-order valence-corrected chi connectivity index (χ4v) is 3.85. The van der Waals surface area contributed by atoms with E-state index in [4.69, 9.17) is 10.00 Å². The molecule has 1 heterocycles. The van der Waals surface area contributed by atoms with Gasteiger partial charge in [-0.2, -0.15) is 5.26 Å². The third kappa shape index (κ3) is 3.76. The second-order valence-electron chi connectivity index (χ2n) is 6.35. The molecule has 1 aliphatic heterocycles. The van der Waals surface area contributed by atoms with E-state index in [2.05, 4.69) is 5.32 Å². The van der Waals surface area contributed by atoms with Crippen LogP contribution in [0.15, 0.2) is 24.3 Å². The average Bonchev–Trinajstić information content (AvgIpc) is 3.07. The Morgan fingerprint density at radius 1 is 1.35 bits per heavy atom. The summed E-state index contributed by atoms with van der Waals surface area (Å²) in [7, 11) is 0. The van der Waals surface area contributed by atoms with Gasteiger partial charge in [0.2, 0.25) is 0 Å². The molecule has 0 radical (unpaired) electrons. The van der Waals surface area contributed by atoms with Crippen LogP contribution in [0.4, 0.5) is 4.79 Å². The van der Waals surface area contributed by atoms with Gasteiger partial charge in [-0.15, -0.1) is 0 Å². The lowest BCUT2D eigenvalue weighted by Crippen LogP contribution is -2.50. The summed E-state index contributed by atoms with van der Waals surface area (Å²) in [5, 5.41) is 11.6. The highest BCUT2D eigenvalue weighted by atomic mass is 16.5. The lowest BCUT2D eigenvalue weighted by Gasteiger charge is -2.37. The smallest absolute Gasteiger partial charge is 0.317 e. The van der Waals surface area contributed by atoms with Gasteiger partial charge < -0.3 is 15.0 Å². The fraction of sp³-hybridized carbons (Fsp3) is 0.556. The van der Waals surface area contributed by atoms with Crippen LogP contribution >= 0.6 is 0 Å². The standard InChI is InChI=1S/C18H23N3O2/c19-9-11-23-16-7-1-4-14(12-16)13-20-18(22)21-10-3-6-15-5-2-8-17(15)21/h1,4,7,12,15,17H,2-3,5-6,8,10-11,13H2,(H,20,22)/t15-,17-/m0/s1. The summed E-state index contributed by atoms with van der Waals surface area (Å²) in [5.74, 6) is 1.37. The maximum absolute atomic E-state index is 12.5. The molecule has 122 valence electrons. The molecule has 0 unspecified atom stereocenters. The van der Waals surface area contributed by atoms with Gasteiger partial charge in [-0.1, -0.05) is 18.6 Å². The van der Waals surface area contributed by atoms with Gasteiger partial charge in [0.15, 0.2) is 6.61 Å². The van der Waals surface area contributed by atoms with Crippen molar-refractivity contribution in [2.75, 3.05) is 13.2 Å². The summed E-state index contributed by atoms with van der Waals surface area (Å²) in [6, 6.07) is 9.95. The predicted molar refractivity (Wildman–Crippen MR) is 86.9 cm³/mol. The molecule has 5 nitrogen and oxygen atoms in total. The lowest BCUT2D eigenvalue weighted by molar-refractivity contribution is 0.128. The third-order valence-electron chi connectivity index (χ3n) is 4.90. The number of nitrogens with one attached hydrogen (secondary N) is 1. The van der Waals surface area contributed by atoms with E-state index in [1.807, 2.05) is 35.2 Å². The average molecular weight is 313 g/mol. The number of fused-ring (bicyclic) bond motifs is 1. The van der Waals surface area contributed by atoms with E-state index < -0.39 is 0 Å². The number of rotatable bonds is 4. The number of nitrogens with zero attached hydrogens (tertiary/aromatic N) is 2. The predicted octanol–water partition coefficient (Wildman–Crippen LogP) is 3.06. The first-order chi connectivity index (χ1) is 11.3. The third-order valence-corrected chi connectivity index (χ3v) is 4.90. The van der Waals surface area contributed by atoms with Crippen molar-refractivity contribution in [2.24, 2.45) is 5.92 Å². The van der Waals surface area contributed by atoms with Gasteiger partial charge >= 0.3 is 6.03 Å². The normalized spacial score (nSPS) is 23.0. The zero-order chi connectivity index (χ0) is 16.1. The fourth-order valence-electron chi connectivity index (χ4n) is 3.85. The summed E-state index contributed by atoms with van der Waals surface area (Å²) in [6.07, 6.45) is 6.05. The lowest BCUT2D eigenvalue weighted by atomic mass is 9.92. The van der Waals surface area contributed by atoms with Gasteiger partial charge in [0.25, 0.3) is 0 Å². The van der Waals surface area contributed by atoms with Crippen molar-refractivity contribution in [3.05, 3.63) is 29.8 Å². The molecule has 1 aliphatic carbocycles. The Bertz CT molecular complexity index is 596. The van der Waals surface area contributed by atoms with Gasteiger partial charge in [0.05, 0.1) is 0 Å². The Hall–Kier alpha value is -2.22. The first kappa shape index (κ1) is 15.7. The van der Waals surface area contributed by atoms with Gasteiger partial charge in [-0.05, 0) is 49.3 Å². The molecule has 1 saturated heterocycles. The molecule has 1 aromatic rings. The Balaban J connectivity index is 1.55. The van der Waals surface area contributed by atoms with Crippen molar-refractivity contribution in [1.82, 2.24) is 10.2 Å².